The predicted molar refractivity (Wildman–Crippen MR) is 66.8 cm³/mol. The molecule has 0 fully saturated rings. The molecule has 2 aromatic rings. The summed E-state index contributed by atoms with van der Waals surface area (Å²) in [6.45, 7) is 4.31. The van der Waals surface area contributed by atoms with Crippen molar-refractivity contribution >= 4 is 10.9 Å². The molecule has 0 aliphatic heterocycles. The van der Waals surface area contributed by atoms with Crippen LogP contribution in [0.5, 0.6) is 0 Å². The Morgan fingerprint density at radius 2 is 2.06 bits per heavy atom. The minimum atomic E-state index is -0.464. The molecule has 0 saturated carbocycles. The van der Waals surface area contributed by atoms with Gasteiger partial charge in [-0.15, -0.1) is 0 Å². The highest BCUT2D eigenvalue weighted by molar-refractivity contribution is 5.77. The maximum Gasteiger partial charge on any atom is 0.207 e. The minimum absolute atomic E-state index is 0.0871. The van der Waals surface area contributed by atoms with Crippen molar-refractivity contribution in [2.75, 3.05) is 0 Å². The Bertz CT molecular complexity index is 575. The van der Waals surface area contributed by atoms with Crippen molar-refractivity contribution in [2.45, 2.75) is 26.5 Å². The summed E-state index contributed by atoms with van der Waals surface area (Å²) in [6, 6.07) is 7.31. The van der Waals surface area contributed by atoms with Gasteiger partial charge in [0.25, 0.3) is 0 Å². The zero-order valence-corrected chi connectivity index (χ0v) is 10.00. The Kier molecular flexibility index (Phi) is 3.24. The van der Waals surface area contributed by atoms with E-state index in [4.69, 9.17) is 0 Å². The van der Waals surface area contributed by atoms with Crippen LogP contribution in [0, 0.1) is 5.92 Å². The molecule has 90 valence electrons. The average molecular weight is 232 g/mol. The molecule has 0 saturated heterocycles. The maximum atomic E-state index is 11.6. The highest BCUT2D eigenvalue weighted by Crippen LogP contribution is 2.10. The number of aliphatic hydroxyl groups excluding tert-OH is 1. The first-order valence-corrected chi connectivity index (χ1v) is 5.72. The van der Waals surface area contributed by atoms with E-state index in [2.05, 4.69) is 5.10 Å². The Hall–Kier alpha value is -1.68. The van der Waals surface area contributed by atoms with E-state index in [1.165, 1.54) is 6.20 Å². The highest BCUT2D eigenvalue weighted by atomic mass is 16.3. The van der Waals surface area contributed by atoms with E-state index < -0.39 is 6.10 Å². The van der Waals surface area contributed by atoms with Crippen LogP contribution < -0.4 is 5.43 Å². The molecule has 4 nitrogen and oxygen atoms in total. The minimum Gasteiger partial charge on any atom is -0.391 e. The number of nitrogens with zero attached hydrogens (tertiary/aromatic N) is 2. The molecule has 1 unspecified atom stereocenters. The second kappa shape index (κ2) is 4.67. The first kappa shape index (κ1) is 11.8. The molecule has 2 rings (SSSR count). The molecule has 1 heterocycles. The molecule has 0 bridgehead atoms. The zero-order valence-electron chi connectivity index (χ0n) is 10.00. The molecule has 0 amide bonds. The van der Waals surface area contributed by atoms with Crippen molar-refractivity contribution in [1.29, 1.82) is 0 Å². The average Bonchev–Trinajstić information content (AvgIpc) is 2.33. The first-order chi connectivity index (χ1) is 8.09. The van der Waals surface area contributed by atoms with Gasteiger partial charge < -0.3 is 5.11 Å². The van der Waals surface area contributed by atoms with Crippen LogP contribution in [0.2, 0.25) is 0 Å². The lowest BCUT2D eigenvalue weighted by Crippen LogP contribution is -2.24. The lowest BCUT2D eigenvalue weighted by molar-refractivity contribution is 0.104. The van der Waals surface area contributed by atoms with Gasteiger partial charge in [0.2, 0.25) is 5.43 Å². The summed E-state index contributed by atoms with van der Waals surface area (Å²) in [5, 5.41) is 14.6. The number of para-hydroxylation sites is 1. The van der Waals surface area contributed by atoms with Gasteiger partial charge in [0, 0.05) is 5.39 Å². The third-order valence-corrected chi connectivity index (χ3v) is 2.89. The van der Waals surface area contributed by atoms with E-state index in [1.807, 2.05) is 32.0 Å². The van der Waals surface area contributed by atoms with Crippen molar-refractivity contribution in [3.8, 4) is 0 Å². The second-order valence-electron chi connectivity index (χ2n) is 4.52. The quantitative estimate of drug-likeness (QED) is 0.870. The van der Waals surface area contributed by atoms with Crippen molar-refractivity contribution in [2.24, 2.45) is 5.92 Å². The van der Waals surface area contributed by atoms with E-state index in [9.17, 15) is 9.90 Å². The fourth-order valence-electron chi connectivity index (χ4n) is 1.69. The van der Waals surface area contributed by atoms with Gasteiger partial charge in [0.15, 0.2) is 0 Å². The summed E-state index contributed by atoms with van der Waals surface area (Å²) < 4.78 is 1.68. The summed E-state index contributed by atoms with van der Waals surface area (Å²) in [7, 11) is 0. The topological polar surface area (TPSA) is 55.1 Å². The van der Waals surface area contributed by atoms with Crippen LogP contribution in [-0.2, 0) is 6.54 Å². The van der Waals surface area contributed by atoms with Crippen molar-refractivity contribution < 1.29 is 5.11 Å². The molecule has 0 aliphatic rings. The molecule has 1 aromatic carbocycles. The summed E-state index contributed by atoms with van der Waals surface area (Å²) in [6.07, 6.45) is 0.837. The van der Waals surface area contributed by atoms with Crippen molar-refractivity contribution in [3.63, 3.8) is 0 Å². The van der Waals surface area contributed by atoms with Gasteiger partial charge in [-0.1, -0.05) is 26.0 Å². The smallest absolute Gasteiger partial charge is 0.207 e. The number of aliphatic hydroxyl groups is 1. The molecule has 1 atom stereocenters. The molecular weight excluding hydrogens is 216 g/mol. The van der Waals surface area contributed by atoms with Crippen LogP contribution in [0.3, 0.4) is 0 Å². The summed E-state index contributed by atoms with van der Waals surface area (Å²) >= 11 is 0. The lowest BCUT2D eigenvalue weighted by atomic mass is 10.1. The first-order valence-electron chi connectivity index (χ1n) is 5.72. The van der Waals surface area contributed by atoms with Gasteiger partial charge in [-0.05, 0) is 18.1 Å². The van der Waals surface area contributed by atoms with E-state index >= 15 is 0 Å². The SMILES string of the molecule is CC(C)C(O)Cn1ncc(=O)c2ccccc21. The van der Waals surface area contributed by atoms with E-state index in [0.717, 1.165) is 5.52 Å². The Morgan fingerprint density at radius 1 is 1.35 bits per heavy atom. The number of benzene rings is 1. The van der Waals surface area contributed by atoms with E-state index in [1.54, 1.807) is 10.7 Å². The standard InChI is InChI=1S/C13H16N2O2/c1-9(2)13(17)8-15-11-6-4-3-5-10(11)12(16)7-14-15/h3-7,9,13,17H,8H2,1-2H3. The maximum absolute atomic E-state index is 11.6. The summed E-state index contributed by atoms with van der Waals surface area (Å²) in [4.78, 5) is 11.6. The third-order valence-electron chi connectivity index (χ3n) is 2.89. The van der Waals surface area contributed by atoms with Crippen molar-refractivity contribution in [3.05, 3.63) is 40.7 Å². The van der Waals surface area contributed by atoms with Crippen LogP contribution in [-0.4, -0.2) is 21.0 Å². The fourth-order valence-corrected chi connectivity index (χ4v) is 1.69. The van der Waals surface area contributed by atoms with Gasteiger partial charge >= 0.3 is 0 Å². The normalized spacial score (nSPS) is 13.2. The number of hydrogen-bond donors (Lipinski definition) is 1. The van der Waals surface area contributed by atoms with Gasteiger partial charge in [-0.3, -0.25) is 9.48 Å². The number of fused-ring (bicyclic) bond motifs is 1. The third kappa shape index (κ3) is 2.36. The number of aromatic nitrogens is 2. The van der Waals surface area contributed by atoms with Gasteiger partial charge in [0.05, 0.1) is 24.4 Å². The second-order valence-corrected chi connectivity index (χ2v) is 4.52. The monoisotopic (exact) mass is 232 g/mol. The van der Waals surface area contributed by atoms with Gasteiger partial charge in [0.1, 0.15) is 0 Å². The molecule has 4 heteroatoms. The Balaban J connectivity index is 2.48. The number of hydrogen-bond acceptors (Lipinski definition) is 3. The largest absolute Gasteiger partial charge is 0.391 e. The van der Waals surface area contributed by atoms with Crippen LogP contribution in [0.15, 0.2) is 35.3 Å². The van der Waals surface area contributed by atoms with Crippen LogP contribution in [0.25, 0.3) is 10.9 Å². The number of rotatable bonds is 3. The van der Waals surface area contributed by atoms with Crippen LogP contribution >= 0.6 is 0 Å². The molecule has 0 spiro atoms. The molecule has 17 heavy (non-hydrogen) atoms. The van der Waals surface area contributed by atoms with Crippen molar-refractivity contribution in [1.82, 2.24) is 9.78 Å². The molecule has 0 aliphatic carbocycles. The fraction of sp³-hybridized carbons (Fsp3) is 0.385. The molecule has 1 aromatic heterocycles. The zero-order chi connectivity index (χ0) is 12.4. The molecule has 0 radical (unpaired) electrons. The summed E-state index contributed by atoms with van der Waals surface area (Å²) in [5.41, 5.74) is 0.676. The lowest BCUT2D eigenvalue weighted by Gasteiger charge is -2.16. The molecular formula is C13H16N2O2. The van der Waals surface area contributed by atoms with E-state index in [-0.39, 0.29) is 11.3 Å². The predicted octanol–water partition coefficient (Wildman–Crippen LogP) is 1.41. The Labute approximate surface area is 99.5 Å². The van der Waals surface area contributed by atoms with Crippen LogP contribution in [0.4, 0.5) is 0 Å². The van der Waals surface area contributed by atoms with E-state index in [0.29, 0.717) is 11.9 Å². The van der Waals surface area contributed by atoms with Gasteiger partial charge in [-0.2, -0.15) is 5.10 Å². The molecule has 1 N–H and O–H groups in total. The summed E-state index contributed by atoms with van der Waals surface area (Å²) in [5.74, 6) is 0.162. The highest BCUT2D eigenvalue weighted by Gasteiger charge is 2.12. The van der Waals surface area contributed by atoms with Gasteiger partial charge in [-0.25, -0.2) is 0 Å². The van der Waals surface area contributed by atoms with Crippen LogP contribution in [0.1, 0.15) is 13.8 Å². The Morgan fingerprint density at radius 3 is 2.76 bits per heavy atom.